The van der Waals surface area contributed by atoms with Gasteiger partial charge in [-0.25, -0.2) is 4.79 Å². The zero-order chi connectivity index (χ0) is 18.7. The number of carbonyl (C=O) groups excluding carboxylic acids is 1. The summed E-state index contributed by atoms with van der Waals surface area (Å²) in [6, 6.07) is 13.1. The van der Waals surface area contributed by atoms with Crippen molar-refractivity contribution in [2.45, 2.75) is 20.4 Å². The van der Waals surface area contributed by atoms with E-state index in [0.29, 0.717) is 28.2 Å². The Morgan fingerprint density at radius 2 is 1.92 bits per heavy atom. The highest BCUT2D eigenvalue weighted by Crippen LogP contribution is 2.27. The van der Waals surface area contributed by atoms with E-state index in [2.05, 4.69) is 10.3 Å². The van der Waals surface area contributed by atoms with E-state index in [1.165, 1.54) is 0 Å². The Kier molecular flexibility index (Phi) is 5.28. The van der Waals surface area contributed by atoms with E-state index in [1.807, 2.05) is 31.2 Å². The van der Waals surface area contributed by atoms with Gasteiger partial charge in [0, 0.05) is 17.0 Å². The lowest BCUT2D eigenvalue weighted by atomic mass is 10.1. The number of fused-ring (bicyclic) bond motifs is 1. The molecule has 0 saturated heterocycles. The molecule has 0 aliphatic rings. The zero-order valence-corrected chi connectivity index (χ0v) is 15.3. The van der Waals surface area contributed by atoms with Crippen molar-refractivity contribution in [2.75, 3.05) is 11.9 Å². The zero-order valence-electron chi connectivity index (χ0n) is 14.6. The van der Waals surface area contributed by atoms with E-state index in [4.69, 9.17) is 16.3 Å². The topological polar surface area (TPSA) is 71.2 Å². The molecule has 1 aromatic heterocycles. The standard InChI is InChI=1S/C20H19ClN2O3/c1-3-26-20(25)17-18(22-11-13-6-4-12(2)5-7-13)15-10-14(21)8-9-16(15)23-19(17)24/h4-10H,3,11H2,1-2H3,(H2,22,23,24). The van der Waals surface area contributed by atoms with Crippen LogP contribution in [0.15, 0.2) is 47.3 Å². The molecule has 0 amide bonds. The van der Waals surface area contributed by atoms with Crippen LogP contribution in [0.5, 0.6) is 0 Å². The number of aromatic nitrogens is 1. The molecule has 2 N–H and O–H groups in total. The molecule has 0 bridgehead atoms. The smallest absolute Gasteiger partial charge is 0.345 e. The number of hydrogen-bond acceptors (Lipinski definition) is 4. The largest absolute Gasteiger partial charge is 0.462 e. The van der Waals surface area contributed by atoms with Crippen LogP contribution in [-0.4, -0.2) is 17.6 Å². The fourth-order valence-corrected chi connectivity index (χ4v) is 2.92. The van der Waals surface area contributed by atoms with E-state index < -0.39 is 11.5 Å². The number of nitrogens with one attached hydrogen (secondary N) is 2. The molecule has 0 atom stereocenters. The number of esters is 1. The Morgan fingerprint density at radius 1 is 1.19 bits per heavy atom. The third kappa shape index (κ3) is 3.73. The highest BCUT2D eigenvalue weighted by Gasteiger charge is 2.20. The average molecular weight is 371 g/mol. The number of carbonyl (C=O) groups is 1. The van der Waals surface area contributed by atoms with Crippen LogP contribution >= 0.6 is 11.6 Å². The van der Waals surface area contributed by atoms with Gasteiger partial charge in [-0.2, -0.15) is 0 Å². The van der Waals surface area contributed by atoms with E-state index in [0.717, 1.165) is 11.1 Å². The number of anilines is 1. The number of aromatic amines is 1. The van der Waals surface area contributed by atoms with Crippen molar-refractivity contribution in [1.29, 1.82) is 0 Å². The van der Waals surface area contributed by atoms with Gasteiger partial charge in [-0.15, -0.1) is 0 Å². The first kappa shape index (κ1) is 18.0. The van der Waals surface area contributed by atoms with Gasteiger partial charge in [0.2, 0.25) is 0 Å². The lowest BCUT2D eigenvalue weighted by Gasteiger charge is -2.14. The highest BCUT2D eigenvalue weighted by atomic mass is 35.5. The van der Waals surface area contributed by atoms with Gasteiger partial charge in [-0.1, -0.05) is 41.4 Å². The number of H-pyrrole nitrogens is 1. The minimum atomic E-state index is -0.665. The van der Waals surface area contributed by atoms with Crippen LogP contribution in [0.4, 0.5) is 5.69 Å². The summed E-state index contributed by atoms with van der Waals surface area (Å²) in [5.74, 6) is -0.665. The van der Waals surface area contributed by atoms with Gasteiger partial charge in [0.15, 0.2) is 0 Å². The molecule has 0 aliphatic heterocycles. The number of rotatable bonds is 5. The maximum atomic E-state index is 12.5. The van der Waals surface area contributed by atoms with Gasteiger partial charge in [-0.3, -0.25) is 4.79 Å². The van der Waals surface area contributed by atoms with Crippen LogP contribution in [0.3, 0.4) is 0 Å². The summed E-state index contributed by atoms with van der Waals surface area (Å²) in [5.41, 5.74) is 2.66. The Bertz CT molecular complexity index is 1010. The Labute approximate surface area is 156 Å². The van der Waals surface area contributed by atoms with Crippen LogP contribution in [0.1, 0.15) is 28.4 Å². The predicted octanol–water partition coefficient (Wildman–Crippen LogP) is 4.28. The summed E-state index contributed by atoms with van der Waals surface area (Å²) in [4.78, 5) is 27.6. The van der Waals surface area contributed by atoms with Gasteiger partial charge in [0.1, 0.15) is 5.56 Å². The molecule has 0 spiro atoms. The highest BCUT2D eigenvalue weighted by molar-refractivity contribution is 6.31. The average Bonchev–Trinajstić information content (AvgIpc) is 2.61. The third-order valence-corrected chi connectivity index (χ3v) is 4.28. The van der Waals surface area contributed by atoms with Crippen molar-refractivity contribution in [3.63, 3.8) is 0 Å². The first-order valence-electron chi connectivity index (χ1n) is 8.31. The number of benzene rings is 2. The first-order chi connectivity index (χ1) is 12.5. The minimum absolute atomic E-state index is 0.0475. The Morgan fingerprint density at radius 3 is 2.62 bits per heavy atom. The van der Waals surface area contributed by atoms with Gasteiger partial charge in [-0.05, 0) is 37.6 Å². The number of ether oxygens (including phenoxy) is 1. The lowest BCUT2D eigenvalue weighted by molar-refractivity contribution is 0.0525. The lowest BCUT2D eigenvalue weighted by Crippen LogP contribution is -2.23. The second-order valence-electron chi connectivity index (χ2n) is 5.95. The fraction of sp³-hybridized carbons (Fsp3) is 0.200. The van der Waals surface area contributed by atoms with Crippen LogP contribution in [-0.2, 0) is 11.3 Å². The van der Waals surface area contributed by atoms with Crippen molar-refractivity contribution in [2.24, 2.45) is 0 Å². The number of aryl methyl sites for hydroxylation is 1. The molecule has 3 rings (SSSR count). The number of hydrogen-bond donors (Lipinski definition) is 2. The summed E-state index contributed by atoms with van der Waals surface area (Å²) in [6.07, 6.45) is 0. The minimum Gasteiger partial charge on any atom is -0.462 e. The van der Waals surface area contributed by atoms with Crippen LogP contribution in [0.2, 0.25) is 5.02 Å². The quantitative estimate of drug-likeness (QED) is 0.657. The van der Waals surface area contributed by atoms with E-state index in [9.17, 15) is 9.59 Å². The van der Waals surface area contributed by atoms with Crippen LogP contribution < -0.4 is 10.9 Å². The van der Waals surface area contributed by atoms with E-state index in [1.54, 1.807) is 25.1 Å². The Balaban J connectivity index is 2.10. The van der Waals surface area contributed by atoms with Crippen molar-refractivity contribution < 1.29 is 9.53 Å². The van der Waals surface area contributed by atoms with Gasteiger partial charge in [0.25, 0.3) is 5.56 Å². The third-order valence-electron chi connectivity index (χ3n) is 4.05. The molecular weight excluding hydrogens is 352 g/mol. The molecule has 26 heavy (non-hydrogen) atoms. The van der Waals surface area contributed by atoms with Crippen molar-refractivity contribution in [3.05, 3.63) is 74.5 Å². The van der Waals surface area contributed by atoms with Gasteiger partial charge >= 0.3 is 5.97 Å². The van der Waals surface area contributed by atoms with E-state index in [-0.39, 0.29) is 12.2 Å². The molecule has 0 fully saturated rings. The van der Waals surface area contributed by atoms with Gasteiger partial charge in [0.05, 0.1) is 17.8 Å². The molecule has 5 nitrogen and oxygen atoms in total. The molecule has 134 valence electrons. The van der Waals surface area contributed by atoms with Crippen LogP contribution in [0, 0.1) is 6.92 Å². The molecule has 0 saturated carbocycles. The van der Waals surface area contributed by atoms with Crippen molar-refractivity contribution in [1.82, 2.24) is 4.98 Å². The summed E-state index contributed by atoms with van der Waals surface area (Å²) in [5, 5.41) is 4.39. The summed E-state index contributed by atoms with van der Waals surface area (Å²) >= 11 is 6.12. The second-order valence-corrected chi connectivity index (χ2v) is 6.39. The SMILES string of the molecule is CCOC(=O)c1c(NCc2ccc(C)cc2)c2cc(Cl)ccc2[nH]c1=O. The normalized spacial score (nSPS) is 10.7. The number of halogens is 1. The fourth-order valence-electron chi connectivity index (χ4n) is 2.74. The molecule has 3 aromatic rings. The van der Waals surface area contributed by atoms with Crippen molar-refractivity contribution >= 4 is 34.2 Å². The maximum Gasteiger partial charge on any atom is 0.345 e. The molecule has 0 aliphatic carbocycles. The summed E-state index contributed by atoms with van der Waals surface area (Å²) in [6.45, 7) is 4.35. The van der Waals surface area contributed by atoms with Gasteiger partial charge < -0.3 is 15.0 Å². The van der Waals surface area contributed by atoms with Crippen molar-refractivity contribution in [3.8, 4) is 0 Å². The molecule has 2 aromatic carbocycles. The van der Waals surface area contributed by atoms with E-state index >= 15 is 0 Å². The molecular formula is C20H19ClN2O3. The second kappa shape index (κ2) is 7.62. The predicted molar refractivity (Wildman–Crippen MR) is 104 cm³/mol. The molecule has 1 heterocycles. The number of pyridine rings is 1. The first-order valence-corrected chi connectivity index (χ1v) is 8.69. The molecule has 0 radical (unpaired) electrons. The van der Waals surface area contributed by atoms with Crippen LogP contribution in [0.25, 0.3) is 10.9 Å². The maximum absolute atomic E-state index is 12.5. The summed E-state index contributed by atoms with van der Waals surface area (Å²) in [7, 11) is 0. The Hall–Kier alpha value is -2.79. The summed E-state index contributed by atoms with van der Waals surface area (Å²) < 4.78 is 5.06. The molecule has 6 heteroatoms. The monoisotopic (exact) mass is 370 g/mol. The molecule has 0 unspecified atom stereocenters.